The predicted octanol–water partition coefficient (Wildman–Crippen LogP) is 5.22. The number of hydrogen-bond donors (Lipinski definition) is 0. The van der Waals surface area contributed by atoms with Gasteiger partial charge in [0.05, 0.1) is 5.02 Å². The fourth-order valence-corrected chi connectivity index (χ4v) is 1.97. The third-order valence-electron chi connectivity index (χ3n) is 3.04. The zero-order valence-electron chi connectivity index (χ0n) is 11.4. The summed E-state index contributed by atoms with van der Waals surface area (Å²) in [5.41, 5.74) is 2.89. The molecule has 102 valence electrons. The van der Waals surface area contributed by atoms with E-state index in [0.29, 0.717) is 5.56 Å². The van der Waals surface area contributed by atoms with Crippen molar-refractivity contribution in [1.29, 1.82) is 0 Å². The molecule has 0 radical (unpaired) electrons. The highest BCUT2D eigenvalue weighted by molar-refractivity contribution is 6.30. The summed E-state index contributed by atoms with van der Waals surface area (Å²) in [7, 11) is 0. The van der Waals surface area contributed by atoms with Gasteiger partial charge in [-0.25, -0.2) is 4.39 Å². The van der Waals surface area contributed by atoms with Crippen molar-refractivity contribution in [3.63, 3.8) is 0 Å². The molecule has 0 unspecified atom stereocenters. The van der Waals surface area contributed by atoms with Crippen molar-refractivity contribution in [3.8, 4) is 11.8 Å². The Morgan fingerprint density at radius 1 is 1.00 bits per heavy atom. The number of rotatable bonds is 3. The Hall–Kier alpha value is -1.78. The van der Waals surface area contributed by atoms with Crippen LogP contribution >= 0.6 is 11.6 Å². The van der Waals surface area contributed by atoms with Crippen LogP contribution in [0.3, 0.4) is 0 Å². The monoisotopic (exact) mass is 286 g/mol. The third kappa shape index (κ3) is 4.11. The normalized spacial score (nSPS) is 9.95. The summed E-state index contributed by atoms with van der Waals surface area (Å²) in [5.74, 6) is 5.54. The van der Waals surface area contributed by atoms with Crippen LogP contribution in [0, 0.1) is 17.7 Å². The van der Waals surface area contributed by atoms with E-state index in [1.165, 1.54) is 30.5 Å². The van der Waals surface area contributed by atoms with Gasteiger partial charge in [0, 0.05) is 11.1 Å². The summed E-state index contributed by atoms with van der Waals surface area (Å²) >= 11 is 5.63. The Kier molecular flexibility index (Phi) is 5.21. The van der Waals surface area contributed by atoms with Crippen molar-refractivity contribution < 1.29 is 4.39 Å². The number of unbranched alkanes of at least 4 members (excludes halogenated alkanes) is 1. The van der Waals surface area contributed by atoms with Crippen LogP contribution in [0.5, 0.6) is 0 Å². The molecule has 0 amide bonds. The fraction of sp³-hybridized carbons (Fsp3) is 0.222. The van der Waals surface area contributed by atoms with E-state index in [1.807, 2.05) is 12.1 Å². The van der Waals surface area contributed by atoms with Crippen molar-refractivity contribution in [2.24, 2.45) is 0 Å². The first-order valence-corrected chi connectivity index (χ1v) is 7.13. The van der Waals surface area contributed by atoms with E-state index in [2.05, 4.69) is 30.9 Å². The minimum absolute atomic E-state index is 0.121. The Morgan fingerprint density at radius 3 is 2.30 bits per heavy atom. The van der Waals surface area contributed by atoms with Gasteiger partial charge < -0.3 is 0 Å². The average Bonchev–Trinajstić information content (AvgIpc) is 2.47. The van der Waals surface area contributed by atoms with Crippen LogP contribution in [0.25, 0.3) is 0 Å². The van der Waals surface area contributed by atoms with E-state index in [4.69, 9.17) is 11.6 Å². The van der Waals surface area contributed by atoms with E-state index >= 15 is 0 Å². The zero-order valence-corrected chi connectivity index (χ0v) is 12.2. The van der Waals surface area contributed by atoms with Crippen LogP contribution < -0.4 is 0 Å². The molecule has 0 atom stereocenters. The highest BCUT2D eigenvalue weighted by atomic mass is 35.5. The molecule has 0 saturated heterocycles. The van der Waals surface area contributed by atoms with Gasteiger partial charge in [0.2, 0.25) is 0 Å². The molecule has 2 aromatic rings. The summed E-state index contributed by atoms with van der Waals surface area (Å²) in [6, 6.07) is 12.8. The van der Waals surface area contributed by atoms with Gasteiger partial charge in [-0.15, -0.1) is 0 Å². The molecule has 0 bridgehead atoms. The first kappa shape index (κ1) is 14.6. The Morgan fingerprint density at radius 2 is 1.65 bits per heavy atom. The number of halogens is 2. The molecule has 0 fully saturated rings. The predicted molar refractivity (Wildman–Crippen MR) is 82.4 cm³/mol. The summed E-state index contributed by atoms with van der Waals surface area (Å²) in [5, 5.41) is 0.121. The first-order valence-electron chi connectivity index (χ1n) is 6.75. The highest BCUT2D eigenvalue weighted by Crippen LogP contribution is 2.15. The van der Waals surface area contributed by atoms with Gasteiger partial charge in [-0.05, 0) is 48.7 Å². The second kappa shape index (κ2) is 7.12. The molecule has 0 aliphatic heterocycles. The van der Waals surface area contributed by atoms with Gasteiger partial charge in [-0.3, -0.25) is 0 Å². The van der Waals surface area contributed by atoms with Crippen LogP contribution in [-0.2, 0) is 6.42 Å². The van der Waals surface area contributed by atoms with E-state index in [-0.39, 0.29) is 5.02 Å². The van der Waals surface area contributed by atoms with Crippen molar-refractivity contribution >= 4 is 11.6 Å². The molecule has 0 aliphatic carbocycles. The van der Waals surface area contributed by atoms with Crippen LogP contribution in [0.15, 0.2) is 42.5 Å². The van der Waals surface area contributed by atoms with Crippen molar-refractivity contribution in [3.05, 3.63) is 70.0 Å². The van der Waals surface area contributed by atoms with Crippen LogP contribution in [-0.4, -0.2) is 0 Å². The Balaban J connectivity index is 2.10. The minimum atomic E-state index is -0.437. The lowest BCUT2D eigenvalue weighted by Crippen LogP contribution is -1.85. The summed E-state index contributed by atoms with van der Waals surface area (Å²) < 4.78 is 13.3. The lowest BCUT2D eigenvalue weighted by atomic mass is 10.1. The molecular weight excluding hydrogens is 271 g/mol. The summed E-state index contributed by atoms with van der Waals surface area (Å²) in [6.07, 6.45) is 3.51. The molecule has 0 aliphatic rings. The smallest absolute Gasteiger partial charge is 0.143 e. The van der Waals surface area contributed by atoms with E-state index in [0.717, 1.165) is 12.0 Å². The molecule has 0 N–H and O–H groups in total. The SMILES string of the molecule is CCCCc1ccc(C#Cc2ccc(Cl)c(F)c2)cc1. The standard InChI is InChI=1S/C18H16ClF/c1-2-3-4-14-5-7-15(8-6-14)9-10-16-11-12-17(19)18(20)13-16/h5-8,11-13H,2-4H2,1H3. The number of hydrogen-bond acceptors (Lipinski definition) is 0. The van der Waals surface area contributed by atoms with Gasteiger partial charge in [-0.2, -0.15) is 0 Å². The van der Waals surface area contributed by atoms with Gasteiger partial charge in [0.1, 0.15) is 5.82 Å². The molecule has 0 nitrogen and oxygen atoms in total. The Labute approximate surface area is 124 Å². The molecule has 0 saturated carbocycles. The Bertz CT molecular complexity index is 633. The first-order chi connectivity index (χ1) is 9.69. The second-order valence-electron chi connectivity index (χ2n) is 4.68. The maximum Gasteiger partial charge on any atom is 0.143 e. The van der Waals surface area contributed by atoms with E-state index in [1.54, 1.807) is 6.07 Å². The van der Waals surface area contributed by atoms with Gasteiger partial charge in [0.25, 0.3) is 0 Å². The number of aryl methyl sites for hydroxylation is 1. The third-order valence-corrected chi connectivity index (χ3v) is 3.35. The largest absolute Gasteiger partial charge is 0.205 e. The fourth-order valence-electron chi connectivity index (χ4n) is 1.85. The molecule has 20 heavy (non-hydrogen) atoms. The van der Waals surface area contributed by atoms with E-state index in [9.17, 15) is 4.39 Å². The van der Waals surface area contributed by atoms with Gasteiger partial charge >= 0.3 is 0 Å². The minimum Gasteiger partial charge on any atom is -0.205 e. The van der Waals surface area contributed by atoms with Gasteiger partial charge in [-0.1, -0.05) is 48.9 Å². The van der Waals surface area contributed by atoms with Crippen LogP contribution in [0.2, 0.25) is 5.02 Å². The van der Waals surface area contributed by atoms with Crippen molar-refractivity contribution in [2.75, 3.05) is 0 Å². The molecule has 0 spiro atoms. The van der Waals surface area contributed by atoms with Crippen molar-refractivity contribution in [2.45, 2.75) is 26.2 Å². The van der Waals surface area contributed by atoms with Crippen LogP contribution in [0.4, 0.5) is 4.39 Å². The number of benzene rings is 2. The van der Waals surface area contributed by atoms with Crippen molar-refractivity contribution in [1.82, 2.24) is 0 Å². The van der Waals surface area contributed by atoms with E-state index < -0.39 is 5.82 Å². The molecule has 0 aromatic heterocycles. The van der Waals surface area contributed by atoms with Crippen LogP contribution in [0.1, 0.15) is 36.5 Å². The summed E-state index contributed by atoms with van der Waals surface area (Å²) in [6.45, 7) is 2.19. The zero-order chi connectivity index (χ0) is 14.4. The topological polar surface area (TPSA) is 0 Å². The quantitative estimate of drug-likeness (QED) is 0.679. The lowest BCUT2D eigenvalue weighted by molar-refractivity contribution is 0.628. The van der Waals surface area contributed by atoms with Gasteiger partial charge in [0.15, 0.2) is 0 Å². The maximum absolute atomic E-state index is 13.3. The maximum atomic E-state index is 13.3. The lowest BCUT2D eigenvalue weighted by Gasteiger charge is -1.99. The molecule has 2 rings (SSSR count). The summed E-state index contributed by atoms with van der Waals surface area (Å²) in [4.78, 5) is 0. The molecule has 2 aromatic carbocycles. The average molecular weight is 287 g/mol. The second-order valence-corrected chi connectivity index (χ2v) is 5.09. The molecule has 0 heterocycles. The highest BCUT2D eigenvalue weighted by Gasteiger charge is 1.98. The molecular formula is C18H16ClF. The molecule has 2 heteroatoms.